The van der Waals surface area contributed by atoms with Gasteiger partial charge in [-0.05, 0) is 50.1 Å². The second kappa shape index (κ2) is 9.17. The number of carbonyl (C=O) groups excluding carboxylic acids is 1. The molecule has 2 amide bonds. The van der Waals surface area contributed by atoms with Gasteiger partial charge in [0.25, 0.3) is 0 Å². The first-order valence-electron chi connectivity index (χ1n) is 10.6. The molecule has 0 atom stereocenters. The molecule has 0 unspecified atom stereocenters. The zero-order valence-electron chi connectivity index (χ0n) is 18.2. The lowest BCUT2D eigenvalue weighted by Crippen LogP contribution is -2.35. The van der Waals surface area contributed by atoms with Crippen molar-refractivity contribution in [3.05, 3.63) is 54.0 Å². The third-order valence-electron chi connectivity index (χ3n) is 5.62. The largest absolute Gasteiger partial charge is 0.495 e. The lowest BCUT2D eigenvalue weighted by atomic mass is 10.2. The van der Waals surface area contributed by atoms with Gasteiger partial charge in [0.2, 0.25) is 10.0 Å². The van der Waals surface area contributed by atoms with E-state index in [2.05, 4.69) is 15.6 Å². The molecule has 1 aromatic carbocycles. The number of hydrogen-bond acceptors (Lipinski definition) is 5. The van der Waals surface area contributed by atoms with Crippen LogP contribution in [-0.4, -0.2) is 48.3 Å². The minimum Gasteiger partial charge on any atom is -0.495 e. The number of pyridine rings is 1. The topological polar surface area (TPSA) is 105 Å². The summed E-state index contributed by atoms with van der Waals surface area (Å²) in [5.41, 5.74) is 2.78. The number of aromatic nitrogens is 2. The molecule has 2 N–H and O–H groups in total. The van der Waals surface area contributed by atoms with Crippen molar-refractivity contribution in [1.29, 1.82) is 0 Å². The fourth-order valence-corrected chi connectivity index (χ4v) is 5.45. The van der Waals surface area contributed by atoms with Crippen LogP contribution in [0.5, 0.6) is 5.75 Å². The number of urea groups is 1. The molecule has 1 fully saturated rings. The second-order valence-corrected chi connectivity index (χ2v) is 9.65. The van der Waals surface area contributed by atoms with Crippen molar-refractivity contribution in [3.8, 4) is 5.75 Å². The molecule has 0 aliphatic carbocycles. The van der Waals surface area contributed by atoms with E-state index >= 15 is 0 Å². The molecule has 32 heavy (non-hydrogen) atoms. The Labute approximate surface area is 187 Å². The number of imidazole rings is 1. The van der Waals surface area contributed by atoms with Gasteiger partial charge < -0.3 is 19.8 Å². The fraction of sp³-hybridized carbons (Fsp3) is 0.364. The predicted molar refractivity (Wildman–Crippen MR) is 121 cm³/mol. The van der Waals surface area contributed by atoms with Crippen LogP contribution in [0.4, 0.5) is 10.5 Å². The van der Waals surface area contributed by atoms with Crippen molar-refractivity contribution in [2.45, 2.75) is 37.6 Å². The number of benzene rings is 1. The quantitative estimate of drug-likeness (QED) is 0.592. The summed E-state index contributed by atoms with van der Waals surface area (Å²) < 4.78 is 34.8. The first-order valence-corrected chi connectivity index (χ1v) is 12.0. The Hall–Kier alpha value is -3.11. The van der Waals surface area contributed by atoms with E-state index in [1.807, 2.05) is 35.7 Å². The van der Waals surface area contributed by atoms with E-state index in [9.17, 15) is 13.2 Å². The number of rotatable bonds is 6. The molecule has 3 aromatic rings. The molecule has 3 heterocycles. The van der Waals surface area contributed by atoms with E-state index < -0.39 is 16.1 Å². The van der Waals surface area contributed by atoms with E-state index in [0.717, 1.165) is 36.3 Å². The van der Waals surface area contributed by atoms with E-state index in [-0.39, 0.29) is 17.1 Å². The average molecular weight is 458 g/mol. The minimum absolute atomic E-state index is 0.133. The maximum atomic E-state index is 13.0. The molecule has 4 rings (SSSR count). The molecule has 1 aliphatic rings. The van der Waals surface area contributed by atoms with Crippen molar-refractivity contribution in [1.82, 2.24) is 19.0 Å². The SMILES string of the molecule is COc1ccc(S(=O)(=O)N2CCCCC2)cc1NC(=O)NCc1c(C)nc2ccccn12. The van der Waals surface area contributed by atoms with Gasteiger partial charge in [0.1, 0.15) is 11.4 Å². The number of carbonyl (C=O) groups is 1. The number of nitrogens with zero attached hydrogens (tertiary/aromatic N) is 3. The average Bonchev–Trinajstić information content (AvgIpc) is 3.13. The highest BCUT2D eigenvalue weighted by Gasteiger charge is 2.27. The van der Waals surface area contributed by atoms with Crippen LogP contribution in [0.3, 0.4) is 0 Å². The highest BCUT2D eigenvalue weighted by molar-refractivity contribution is 7.89. The van der Waals surface area contributed by atoms with Gasteiger partial charge in [0.15, 0.2) is 0 Å². The number of nitrogens with one attached hydrogen (secondary N) is 2. The van der Waals surface area contributed by atoms with Crippen molar-refractivity contribution in [2.24, 2.45) is 0 Å². The zero-order valence-corrected chi connectivity index (χ0v) is 19.0. The maximum absolute atomic E-state index is 13.0. The Balaban J connectivity index is 1.50. The first-order chi connectivity index (χ1) is 15.4. The van der Waals surface area contributed by atoms with Crippen LogP contribution in [0.2, 0.25) is 0 Å². The van der Waals surface area contributed by atoms with Crippen molar-refractivity contribution in [2.75, 3.05) is 25.5 Å². The highest BCUT2D eigenvalue weighted by atomic mass is 32.2. The molecule has 1 aliphatic heterocycles. The van der Waals surface area contributed by atoms with Crippen LogP contribution in [0, 0.1) is 6.92 Å². The summed E-state index contributed by atoms with van der Waals surface area (Å²) in [6.45, 7) is 3.17. The molecular weight excluding hydrogens is 430 g/mol. The summed E-state index contributed by atoms with van der Waals surface area (Å²) in [5.74, 6) is 0.378. The third-order valence-corrected chi connectivity index (χ3v) is 7.51. The predicted octanol–water partition coefficient (Wildman–Crippen LogP) is 3.15. The van der Waals surface area contributed by atoms with Gasteiger partial charge in [0.05, 0.1) is 35.6 Å². The Bertz CT molecular complexity index is 1230. The summed E-state index contributed by atoms with van der Waals surface area (Å²) in [6, 6.07) is 9.74. The molecule has 9 nitrogen and oxygen atoms in total. The molecule has 0 spiro atoms. The third kappa shape index (κ3) is 4.42. The standard InChI is InChI=1S/C22H27N5O4S/c1-16-19(27-13-7-4-8-21(27)24-16)15-23-22(28)25-18-14-17(9-10-20(18)31-2)32(29,30)26-11-5-3-6-12-26/h4,7-10,13-14H,3,5-6,11-12,15H2,1-2H3,(H2,23,25,28). The van der Waals surface area contributed by atoms with Crippen LogP contribution in [-0.2, 0) is 16.6 Å². The fourth-order valence-electron chi connectivity index (χ4n) is 3.91. The van der Waals surface area contributed by atoms with Crippen molar-refractivity contribution >= 4 is 27.4 Å². The van der Waals surface area contributed by atoms with E-state index in [4.69, 9.17) is 4.74 Å². The Kier molecular flexibility index (Phi) is 6.33. The van der Waals surface area contributed by atoms with Gasteiger partial charge in [-0.3, -0.25) is 0 Å². The zero-order chi connectivity index (χ0) is 22.7. The van der Waals surface area contributed by atoms with Crippen LogP contribution in [0.1, 0.15) is 30.7 Å². The van der Waals surface area contributed by atoms with Gasteiger partial charge in [-0.1, -0.05) is 12.5 Å². The van der Waals surface area contributed by atoms with Crippen LogP contribution in [0.15, 0.2) is 47.5 Å². The molecule has 0 bridgehead atoms. The van der Waals surface area contributed by atoms with Gasteiger partial charge in [0, 0.05) is 19.3 Å². The molecule has 10 heteroatoms. The summed E-state index contributed by atoms with van der Waals surface area (Å²) in [5, 5.41) is 5.53. The first kappa shape index (κ1) is 22.1. The monoisotopic (exact) mass is 457 g/mol. The number of piperidine rings is 1. The number of ether oxygens (including phenoxy) is 1. The number of fused-ring (bicyclic) bond motifs is 1. The lowest BCUT2D eigenvalue weighted by Gasteiger charge is -2.26. The highest BCUT2D eigenvalue weighted by Crippen LogP contribution is 2.30. The molecule has 1 saturated heterocycles. The number of hydrogen-bond donors (Lipinski definition) is 2. The molecule has 0 radical (unpaired) electrons. The Morgan fingerprint density at radius 2 is 1.94 bits per heavy atom. The number of sulfonamides is 1. The summed E-state index contributed by atoms with van der Waals surface area (Å²) in [4.78, 5) is 17.2. The molecule has 170 valence electrons. The number of amides is 2. The van der Waals surface area contributed by atoms with E-state index in [1.54, 1.807) is 6.07 Å². The number of anilines is 1. The van der Waals surface area contributed by atoms with Gasteiger partial charge >= 0.3 is 6.03 Å². The van der Waals surface area contributed by atoms with Crippen LogP contribution < -0.4 is 15.4 Å². The minimum atomic E-state index is -3.63. The summed E-state index contributed by atoms with van der Waals surface area (Å²) in [6.07, 6.45) is 4.63. The summed E-state index contributed by atoms with van der Waals surface area (Å²) >= 11 is 0. The Morgan fingerprint density at radius 3 is 2.69 bits per heavy atom. The van der Waals surface area contributed by atoms with Gasteiger partial charge in [-0.15, -0.1) is 0 Å². The van der Waals surface area contributed by atoms with E-state index in [1.165, 1.54) is 23.5 Å². The van der Waals surface area contributed by atoms with Crippen LogP contribution >= 0.6 is 0 Å². The molecule has 0 saturated carbocycles. The van der Waals surface area contributed by atoms with Gasteiger partial charge in [-0.2, -0.15) is 4.31 Å². The van der Waals surface area contributed by atoms with Crippen molar-refractivity contribution < 1.29 is 17.9 Å². The second-order valence-electron chi connectivity index (χ2n) is 7.71. The normalized spacial score (nSPS) is 14.9. The summed E-state index contributed by atoms with van der Waals surface area (Å²) in [7, 11) is -2.16. The number of methoxy groups -OCH3 is 1. The van der Waals surface area contributed by atoms with E-state index in [0.29, 0.717) is 18.8 Å². The lowest BCUT2D eigenvalue weighted by molar-refractivity contribution is 0.251. The maximum Gasteiger partial charge on any atom is 0.319 e. The Morgan fingerprint density at radius 1 is 1.16 bits per heavy atom. The van der Waals surface area contributed by atoms with Gasteiger partial charge in [-0.25, -0.2) is 18.2 Å². The molecule has 2 aromatic heterocycles. The molecular formula is C22H27N5O4S. The number of aryl methyl sites for hydroxylation is 1. The van der Waals surface area contributed by atoms with Crippen molar-refractivity contribution in [3.63, 3.8) is 0 Å². The smallest absolute Gasteiger partial charge is 0.319 e. The van der Waals surface area contributed by atoms with Crippen LogP contribution in [0.25, 0.3) is 5.65 Å².